The van der Waals surface area contributed by atoms with Crippen LogP contribution < -0.4 is 20.9 Å². The summed E-state index contributed by atoms with van der Waals surface area (Å²) in [6.45, 7) is 0. The molecule has 0 aromatic heterocycles. The van der Waals surface area contributed by atoms with E-state index in [4.69, 9.17) is 20.9 Å². The number of ether oxygens (including phenoxy) is 2. The molecule has 0 unspecified atom stereocenters. The Morgan fingerprint density at radius 1 is 0.609 bits per heavy atom. The van der Waals surface area contributed by atoms with Crippen LogP contribution >= 0.6 is 0 Å². The molecule has 3 rings (SSSR count). The maximum absolute atomic E-state index is 10.1. The molecule has 0 radical (unpaired) electrons. The van der Waals surface area contributed by atoms with Gasteiger partial charge in [-0.2, -0.15) is 0 Å². The topological polar surface area (TPSA) is 90.7 Å². The normalized spacial score (nSPS) is 10.3. The van der Waals surface area contributed by atoms with E-state index in [1.54, 1.807) is 48.5 Å². The largest absolute Gasteiger partial charge is 0.504 e. The Bertz CT molecular complexity index is 834. The molecule has 5 heteroatoms. The van der Waals surface area contributed by atoms with Crippen LogP contribution in [0.1, 0.15) is 0 Å². The van der Waals surface area contributed by atoms with Crippen LogP contribution in [0.15, 0.2) is 66.7 Å². The van der Waals surface area contributed by atoms with E-state index in [2.05, 4.69) is 0 Å². The van der Waals surface area contributed by atoms with Gasteiger partial charge < -0.3 is 26.0 Å². The van der Waals surface area contributed by atoms with E-state index in [0.717, 1.165) is 0 Å². The van der Waals surface area contributed by atoms with Gasteiger partial charge in [-0.25, -0.2) is 0 Å². The summed E-state index contributed by atoms with van der Waals surface area (Å²) in [6, 6.07) is 19.0. The van der Waals surface area contributed by atoms with Crippen LogP contribution in [0.25, 0.3) is 0 Å². The summed E-state index contributed by atoms with van der Waals surface area (Å²) in [4.78, 5) is 0. The van der Waals surface area contributed by atoms with Gasteiger partial charge in [0.25, 0.3) is 0 Å². The van der Waals surface area contributed by atoms with Crippen molar-refractivity contribution in [2.24, 2.45) is 0 Å². The molecule has 23 heavy (non-hydrogen) atoms. The van der Waals surface area contributed by atoms with Crippen molar-refractivity contribution < 1.29 is 14.6 Å². The Morgan fingerprint density at radius 2 is 1.13 bits per heavy atom. The molecule has 0 aliphatic rings. The highest BCUT2D eigenvalue weighted by molar-refractivity contribution is 5.60. The van der Waals surface area contributed by atoms with Crippen molar-refractivity contribution in [3.8, 4) is 28.7 Å². The minimum absolute atomic E-state index is 0.0553. The minimum Gasteiger partial charge on any atom is -0.504 e. The summed E-state index contributed by atoms with van der Waals surface area (Å²) in [6.07, 6.45) is 0. The fraction of sp³-hybridized carbons (Fsp3) is 0. The zero-order valence-corrected chi connectivity index (χ0v) is 12.3. The summed E-state index contributed by atoms with van der Waals surface area (Å²) in [5, 5.41) is 10.1. The Kier molecular flexibility index (Phi) is 3.93. The van der Waals surface area contributed by atoms with E-state index in [0.29, 0.717) is 28.6 Å². The van der Waals surface area contributed by atoms with Gasteiger partial charge in [-0.15, -0.1) is 0 Å². The number of para-hydroxylation sites is 5. The van der Waals surface area contributed by atoms with E-state index in [1.807, 2.05) is 12.1 Å². The quantitative estimate of drug-likeness (QED) is 0.630. The van der Waals surface area contributed by atoms with Crippen molar-refractivity contribution in [1.29, 1.82) is 0 Å². The number of hydrogen-bond acceptors (Lipinski definition) is 5. The predicted octanol–water partition coefficient (Wildman–Crippen LogP) is 4.14. The first-order chi connectivity index (χ1) is 11.1. The van der Waals surface area contributed by atoms with Crippen molar-refractivity contribution in [3.63, 3.8) is 0 Å². The summed E-state index contributed by atoms with van der Waals surface area (Å²) in [5.74, 6) is 1.36. The third-order valence-electron chi connectivity index (χ3n) is 3.23. The molecule has 3 aromatic carbocycles. The first-order valence-electron chi connectivity index (χ1n) is 7.02. The number of nitrogens with two attached hydrogens (primary N) is 2. The summed E-state index contributed by atoms with van der Waals surface area (Å²) in [5.41, 5.74) is 12.7. The van der Waals surface area contributed by atoms with Crippen LogP contribution in [-0.4, -0.2) is 5.11 Å². The SMILES string of the molecule is Nc1ccccc1Oc1cccc(O)c1Oc1ccccc1N. The average Bonchev–Trinajstić information content (AvgIpc) is 2.54. The average molecular weight is 308 g/mol. The van der Waals surface area contributed by atoms with Crippen molar-refractivity contribution >= 4 is 11.4 Å². The summed E-state index contributed by atoms with van der Waals surface area (Å²) < 4.78 is 11.5. The second-order valence-corrected chi connectivity index (χ2v) is 4.88. The smallest absolute Gasteiger partial charge is 0.211 e. The molecule has 3 aromatic rings. The zero-order valence-electron chi connectivity index (χ0n) is 12.3. The van der Waals surface area contributed by atoms with Crippen molar-refractivity contribution in [2.75, 3.05) is 11.5 Å². The van der Waals surface area contributed by atoms with Crippen LogP contribution in [-0.2, 0) is 0 Å². The lowest BCUT2D eigenvalue weighted by molar-refractivity contribution is 0.382. The lowest BCUT2D eigenvalue weighted by atomic mass is 10.2. The fourth-order valence-corrected chi connectivity index (χ4v) is 2.06. The molecule has 0 atom stereocenters. The minimum atomic E-state index is -0.0553. The summed E-state index contributed by atoms with van der Waals surface area (Å²) in [7, 11) is 0. The third-order valence-corrected chi connectivity index (χ3v) is 3.23. The van der Waals surface area contributed by atoms with Gasteiger partial charge in [-0.05, 0) is 36.4 Å². The van der Waals surface area contributed by atoms with E-state index in [-0.39, 0.29) is 11.5 Å². The second-order valence-electron chi connectivity index (χ2n) is 4.88. The molecular weight excluding hydrogens is 292 g/mol. The number of hydrogen-bond donors (Lipinski definition) is 3. The Labute approximate surface area is 133 Å². The van der Waals surface area contributed by atoms with Crippen LogP contribution in [0, 0.1) is 0 Å². The first kappa shape index (κ1) is 14.6. The Morgan fingerprint density at radius 3 is 1.74 bits per heavy atom. The third kappa shape index (κ3) is 3.13. The van der Waals surface area contributed by atoms with Crippen LogP contribution in [0.4, 0.5) is 11.4 Å². The molecule has 0 bridgehead atoms. The molecule has 0 saturated carbocycles. The predicted molar refractivity (Wildman–Crippen MR) is 90.0 cm³/mol. The van der Waals surface area contributed by atoms with Crippen LogP contribution in [0.2, 0.25) is 0 Å². The van der Waals surface area contributed by atoms with E-state index in [1.165, 1.54) is 6.07 Å². The van der Waals surface area contributed by atoms with E-state index >= 15 is 0 Å². The maximum atomic E-state index is 10.1. The lowest BCUT2D eigenvalue weighted by Gasteiger charge is -2.15. The molecule has 0 spiro atoms. The number of aromatic hydroxyl groups is 1. The number of anilines is 2. The lowest BCUT2D eigenvalue weighted by Crippen LogP contribution is -1.96. The van der Waals surface area contributed by atoms with Gasteiger partial charge in [0.2, 0.25) is 5.75 Å². The maximum Gasteiger partial charge on any atom is 0.211 e. The summed E-state index contributed by atoms with van der Waals surface area (Å²) >= 11 is 0. The molecular formula is C18H16N2O3. The molecule has 0 aliphatic heterocycles. The molecule has 0 aliphatic carbocycles. The van der Waals surface area contributed by atoms with Gasteiger partial charge in [-0.3, -0.25) is 0 Å². The van der Waals surface area contributed by atoms with Gasteiger partial charge >= 0.3 is 0 Å². The highest BCUT2D eigenvalue weighted by Crippen LogP contribution is 2.43. The number of nitrogen functional groups attached to an aromatic ring is 2. The standard InChI is InChI=1S/C18H16N2O3/c19-12-6-1-3-9-15(12)22-17-11-5-8-14(21)18(17)23-16-10-4-2-7-13(16)20/h1-11,21H,19-20H2. The number of rotatable bonds is 4. The fourth-order valence-electron chi connectivity index (χ4n) is 2.06. The highest BCUT2D eigenvalue weighted by atomic mass is 16.5. The van der Waals surface area contributed by atoms with Gasteiger partial charge in [0.15, 0.2) is 23.0 Å². The van der Waals surface area contributed by atoms with Crippen LogP contribution in [0.5, 0.6) is 28.7 Å². The number of benzene rings is 3. The Hall–Kier alpha value is -3.34. The molecule has 5 N–H and O–H groups in total. The van der Waals surface area contributed by atoms with E-state index < -0.39 is 0 Å². The van der Waals surface area contributed by atoms with Crippen molar-refractivity contribution in [3.05, 3.63) is 66.7 Å². The van der Waals surface area contributed by atoms with Crippen molar-refractivity contribution in [2.45, 2.75) is 0 Å². The molecule has 0 heterocycles. The van der Waals surface area contributed by atoms with Gasteiger partial charge in [0, 0.05) is 0 Å². The molecule has 116 valence electrons. The molecule has 0 fully saturated rings. The van der Waals surface area contributed by atoms with Gasteiger partial charge in [-0.1, -0.05) is 30.3 Å². The second kappa shape index (κ2) is 6.19. The molecule has 0 amide bonds. The monoisotopic (exact) mass is 308 g/mol. The first-order valence-corrected chi connectivity index (χ1v) is 7.02. The van der Waals surface area contributed by atoms with Crippen LogP contribution in [0.3, 0.4) is 0 Å². The zero-order chi connectivity index (χ0) is 16.2. The van der Waals surface area contributed by atoms with Crippen molar-refractivity contribution in [1.82, 2.24) is 0 Å². The van der Waals surface area contributed by atoms with Gasteiger partial charge in [0.05, 0.1) is 11.4 Å². The number of phenols is 1. The van der Waals surface area contributed by atoms with E-state index in [9.17, 15) is 5.11 Å². The number of phenolic OH excluding ortho intramolecular Hbond substituents is 1. The Balaban J connectivity index is 1.97. The van der Waals surface area contributed by atoms with Gasteiger partial charge in [0.1, 0.15) is 0 Å². The molecule has 0 saturated heterocycles. The molecule has 5 nitrogen and oxygen atoms in total. The highest BCUT2D eigenvalue weighted by Gasteiger charge is 2.14.